The van der Waals surface area contributed by atoms with Crippen molar-refractivity contribution in [2.45, 2.75) is 37.6 Å². The van der Waals surface area contributed by atoms with Crippen molar-refractivity contribution < 1.29 is 9.72 Å². The van der Waals surface area contributed by atoms with Gasteiger partial charge in [-0.15, -0.1) is 10.2 Å². The summed E-state index contributed by atoms with van der Waals surface area (Å²) >= 11 is 1.51. The SMILES string of the molecule is CCN(CC)C(=O)[C@@H]1CCCN(c2ccc([N+](=O)[O-])cc2/C=N\n2cnnc2SCc2ccccc2)C1. The maximum Gasteiger partial charge on any atom is 0.270 e. The van der Waals surface area contributed by atoms with Gasteiger partial charge in [0.05, 0.1) is 17.1 Å². The van der Waals surface area contributed by atoms with Crippen LogP contribution in [0.15, 0.2) is 65.1 Å². The normalized spacial score (nSPS) is 15.7. The number of nitro groups is 1. The summed E-state index contributed by atoms with van der Waals surface area (Å²) in [5.74, 6) is 0.774. The molecule has 4 rings (SSSR count). The van der Waals surface area contributed by atoms with E-state index in [0.29, 0.717) is 36.1 Å². The Labute approximate surface area is 220 Å². The number of amides is 1. The van der Waals surface area contributed by atoms with Gasteiger partial charge in [0.15, 0.2) is 0 Å². The fourth-order valence-corrected chi connectivity index (χ4v) is 5.30. The number of nitro benzene ring substituents is 1. The van der Waals surface area contributed by atoms with Gasteiger partial charge in [-0.3, -0.25) is 14.9 Å². The highest BCUT2D eigenvalue weighted by Crippen LogP contribution is 2.30. The highest BCUT2D eigenvalue weighted by Gasteiger charge is 2.29. The van der Waals surface area contributed by atoms with Crippen LogP contribution < -0.4 is 4.90 Å². The molecular formula is C26H31N7O3S. The van der Waals surface area contributed by atoms with Crippen molar-refractivity contribution in [3.63, 3.8) is 0 Å². The minimum absolute atomic E-state index is 0.0135. The van der Waals surface area contributed by atoms with Crippen LogP contribution >= 0.6 is 11.8 Å². The zero-order valence-corrected chi connectivity index (χ0v) is 21.9. The number of carbonyl (C=O) groups excluding carboxylic acids is 1. The van der Waals surface area contributed by atoms with Gasteiger partial charge in [0.25, 0.3) is 5.69 Å². The molecule has 0 spiro atoms. The third-order valence-corrected chi connectivity index (χ3v) is 7.45. The molecule has 1 atom stereocenters. The fourth-order valence-electron chi connectivity index (χ4n) is 4.48. The third kappa shape index (κ3) is 6.53. The molecule has 1 saturated heterocycles. The van der Waals surface area contributed by atoms with Crippen LogP contribution in [0.25, 0.3) is 0 Å². The highest BCUT2D eigenvalue weighted by atomic mass is 32.2. The van der Waals surface area contributed by atoms with Crippen molar-refractivity contribution in [1.29, 1.82) is 0 Å². The Morgan fingerprint density at radius 3 is 2.76 bits per heavy atom. The van der Waals surface area contributed by atoms with Crippen molar-refractivity contribution in [1.82, 2.24) is 19.8 Å². The molecule has 3 aromatic rings. The van der Waals surface area contributed by atoms with Crippen molar-refractivity contribution in [2.75, 3.05) is 31.1 Å². The number of rotatable bonds is 10. The number of anilines is 1. The maximum atomic E-state index is 13.0. The van der Waals surface area contributed by atoms with E-state index in [1.54, 1.807) is 17.0 Å². The first kappa shape index (κ1) is 26.3. The number of thioether (sulfide) groups is 1. The molecule has 1 aliphatic rings. The Morgan fingerprint density at radius 1 is 1.24 bits per heavy atom. The molecule has 1 aromatic heterocycles. The van der Waals surface area contributed by atoms with Crippen LogP contribution in [0.1, 0.15) is 37.8 Å². The van der Waals surface area contributed by atoms with E-state index < -0.39 is 4.92 Å². The first-order valence-corrected chi connectivity index (χ1v) is 13.4. The van der Waals surface area contributed by atoms with Gasteiger partial charge in [0.2, 0.25) is 11.1 Å². The van der Waals surface area contributed by atoms with E-state index in [4.69, 9.17) is 0 Å². The van der Waals surface area contributed by atoms with E-state index in [1.807, 2.05) is 49.1 Å². The van der Waals surface area contributed by atoms with Crippen molar-refractivity contribution in [2.24, 2.45) is 11.0 Å². The van der Waals surface area contributed by atoms with Gasteiger partial charge in [-0.2, -0.15) is 9.78 Å². The Hall–Kier alpha value is -3.73. The fraction of sp³-hybridized carbons (Fsp3) is 0.385. The number of nitrogens with zero attached hydrogens (tertiary/aromatic N) is 7. The van der Waals surface area contributed by atoms with Gasteiger partial charge in [-0.25, -0.2) is 0 Å². The van der Waals surface area contributed by atoms with E-state index in [-0.39, 0.29) is 17.5 Å². The number of benzene rings is 2. The second kappa shape index (κ2) is 12.5. The average molecular weight is 522 g/mol. The van der Waals surface area contributed by atoms with Crippen LogP contribution in [0.2, 0.25) is 0 Å². The Kier molecular flexibility index (Phi) is 8.89. The summed E-state index contributed by atoms with van der Waals surface area (Å²) in [6.45, 7) is 6.69. The molecule has 0 saturated carbocycles. The molecule has 194 valence electrons. The van der Waals surface area contributed by atoms with Crippen molar-refractivity contribution >= 4 is 35.3 Å². The number of hydrogen-bond donors (Lipinski definition) is 0. The molecule has 11 heteroatoms. The zero-order chi connectivity index (χ0) is 26.2. The van der Waals surface area contributed by atoms with Gasteiger partial charge in [0, 0.05) is 55.3 Å². The lowest BCUT2D eigenvalue weighted by molar-refractivity contribution is -0.384. The number of hydrogen-bond acceptors (Lipinski definition) is 8. The molecule has 0 aliphatic carbocycles. The molecule has 1 fully saturated rings. The van der Waals surface area contributed by atoms with Gasteiger partial charge < -0.3 is 9.80 Å². The van der Waals surface area contributed by atoms with Gasteiger partial charge in [0.1, 0.15) is 6.33 Å². The predicted molar refractivity (Wildman–Crippen MR) is 145 cm³/mol. The largest absolute Gasteiger partial charge is 0.370 e. The minimum Gasteiger partial charge on any atom is -0.370 e. The topological polar surface area (TPSA) is 110 Å². The Balaban J connectivity index is 1.56. The monoisotopic (exact) mass is 521 g/mol. The van der Waals surface area contributed by atoms with Crippen molar-refractivity contribution in [3.8, 4) is 0 Å². The predicted octanol–water partition coefficient (Wildman–Crippen LogP) is 4.45. The quantitative estimate of drug-likeness (QED) is 0.168. The summed E-state index contributed by atoms with van der Waals surface area (Å²) < 4.78 is 1.57. The first-order chi connectivity index (χ1) is 18.0. The maximum absolute atomic E-state index is 13.0. The van der Waals surface area contributed by atoms with Gasteiger partial charge in [-0.05, 0) is 38.3 Å². The number of carbonyl (C=O) groups is 1. The van der Waals surface area contributed by atoms with Crippen LogP contribution in [0.3, 0.4) is 0 Å². The molecule has 0 unspecified atom stereocenters. The summed E-state index contributed by atoms with van der Waals surface area (Å²) in [5.41, 5.74) is 2.57. The van der Waals surface area contributed by atoms with Crippen LogP contribution in [0.4, 0.5) is 11.4 Å². The summed E-state index contributed by atoms with van der Waals surface area (Å²) in [4.78, 5) is 28.1. The van der Waals surface area contributed by atoms with E-state index in [0.717, 1.165) is 30.6 Å². The molecule has 0 radical (unpaired) electrons. The lowest BCUT2D eigenvalue weighted by atomic mass is 9.95. The number of piperidine rings is 1. The second-order valence-corrected chi connectivity index (χ2v) is 9.72. The lowest BCUT2D eigenvalue weighted by Crippen LogP contribution is -2.45. The lowest BCUT2D eigenvalue weighted by Gasteiger charge is -2.36. The molecule has 0 N–H and O–H groups in total. The van der Waals surface area contributed by atoms with Gasteiger partial charge >= 0.3 is 0 Å². The summed E-state index contributed by atoms with van der Waals surface area (Å²) in [7, 11) is 0. The third-order valence-electron chi connectivity index (χ3n) is 6.44. The Bertz CT molecular complexity index is 1240. The molecule has 1 aliphatic heterocycles. The van der Waals surface area contributed by atoms with Crippen LogP contribution in [-0.2, 0) is 10.5 Å². The van der Waals surface area contributed by atoms with Crippen LogP contribution in [-0.4, -0.2) is 63.0 Å². The van der Waals surface area contributed by atoms with Crippen LogP contribution in [0, 0.1) is 16.0 Å². The molecule has 1 amide bonds. The second-order valence-electron chi connectivity index (χ2n) is 8.77. The molecule has 37 heavy (non-hydrogen) atoms. The van der Waals surface area contributed by atoms with E-state index in [1.165, 1.54) is 30.2 Å². The van der Waals surface area contributed by atoms with Gasteiger partial charge in [-0.1, -0.05) is 42.1 Å². The standard InChI is InChI=1S/C26H31N7O3S/c1-3-30(4-2)25(34)21-11-8-14-31(17-21)24-13-12-23(33(35)36)15-22(24)16-28-32-19-27-29-26(32)37-18-20-9-6-5-7-10-20/h5-7,9-10,12-13,15-16,19,21H,3-4,8,11,14,17-18H2,1-2H3/b28-16-/t21-/m1/s1. The molecule has 10 nitrogen and oxygen atoms in total. The smallest absolute Gasteiger partial charge is 0.270 e. The average Bonchev–Trinajstić information content (AvgIpc) is 3.39. The zero-order valence-electron chi connectivity index (χ0n) is 21.1. The minimum atomic E-state index is -0.413. The Morgan fingerprint density at radius 2 is 2.03 bits per heavy atom. The van der Waals surface area contributed by atoms with E-state index >= 15 is 0 Å². The van der Waals surface area contributed by atoms with E-state index in [9.17, 15) is 14.9 Å². The first-order valence-electron chi connectivity index (χ1n) is 12.4. The molecular weight excluding hydrogens is 490 g/mol. The molecule has 0 bridgehead atoms. The molecule has 2 aromatic carbocycles. The van der Waals surface area contributed by atoms with Crippen molar-refractivity contribution in [3.05, 3.63) is 76.1 Å². The summed E-state index contributed by atoms with van der Waals surface area (Å²) in [6, 6.07) is 14.8. The summed E-state index contributed by atoms with van der Waals surface area (Å²) in [5, 5.41) is 24.8. The van der Waals surface area contributed by atoms with E-state index in [2.05, 4.69) is 20.2 Å². The number of non-ortho nitro benzene ring substituents is 1. The van der Waals surface area contributed by atoms with Crippen LogP contribution in [0.5, 0.6) is 0 Å². The highest BCUT2D eigenvalue weighted by molar-refractivity contribution is 7.98. The number of aromatic nitrogens is 3. The summed E-state index contributed by atoms with van der Waals surface area (Å²) in [6.07, 6.45) is 4.83. The molecule has 2 heterocycles.